The molecule has 0 radical (unpaired) electrons. The van der Waals surface area contributed by atoms with Crippen molar-refractivity contribution in [3.63, 3.8) is 0 Å². The summed E-state index contributed by atoms with van der Waals surface area (Å²) in [6, 6.07) is 85.3. The van der Waals surface area contributed by atoms with Crippen molar-refractivity contribution in [2.75, 3.05) is 4.90 Å². The van der Waals surface area contributed by atoms with Crippen LogP contribution in [0.15, 0.2) is 278 Å². The Morgan fingerprint density at radius 1 is 0.500 bits per heavy atom. The maximum absolute atomic E-state index is 2.48. The summed E-state index contributed by atoms with van der Waals surface area (Å²) in [6.45, 7) is 8.58. The van der Waals surface area contributed by atoms with Crippen LogP contribution in [0.2, 0.25) is 0 Å². The van der Waals surface area contributed by atoms with E-state index in [0.29, 0.717) is 5.92 Å². The first-order chi connectivity index (χ1) is 35.4. The molecule has 12 rings (SSSR count). The number of benzene rings is 9. The first kappa shape index (κ1) is 47.4. The molecule has 1 heteroatoms. The second-order valence-corrected chi connectivity index (χ2v) is 19.3. The third kappa shape index (κ3) is 9.76. The predicted octanol–water partition coefficient (Wildman–Crippen LogP) is 18.7. The summed E-state index contributed by atoms with van der Waals surface area (Å²) < 4.78 is 0. The topological polar surface area (TPSA) is 3.24 Å². The van der Waals surface area contributed by atoms with Crippen molar-refractivity contribution in [2.45, 2.75) is 52.4 Å². The van der Waals surface area contributed by atoms with Crippen LogP contribution in [0.1, 0.15) is 70.7 Å². The fourth-order valence-corrected chi connectivity index (χ4v) is 11.1. The van der Waals surface area contributed by atoms with E-state index in [1.54, 1.807) is 0 Å². The second-order valence-electron chi connectivity index (χ2n) is 19.3. The van der Waals surface area contributed by atoms with E-state index in [9.17, 15) is 0 Å². The van der Waals surface area contributed by atoms with E-state index in [1.807, 2.05) is 18.2 Å². The molecule has 72 heavy (non-hydrogen) atoms. The number of anilines is 1. The monoisotopic (exact) mass is 929 g/mol. The third-order valence-corrected chi connectivity index (χ3v) is 14.6. The molecule has 0 aromatic heterocycles. The van der Waals surface area contributed by atoms with Gasteiger partial charge in [0.2, 0.25) is 0 Å². The number of nitrogens with zero attached hydrogens (tertiary/aromatic N) is 1. The van der Waals surface area contributed by atoms with Gasteiger partial charge in [0, 0.05) is 23.5 Å². The highest BCUT2D eigenvalue weighted by Gasteiger charge is 2.46. The van der Waals surface area contributed by atoms with Crippen LogP contribution in [0, 0.1) is 26.7 Å². The van der Waals surface area contributed by atoms with Crippen LogP contribution in [0.3, 0.4) is 0 Å². The molecular formula is C71H63N. The molecule has 9 aromatic rings. The minimum Gasteiger partial charge on any atom is -0.320 e. The molecule has 0 spiro atoms. The molecule has 0 amide bonds. The van der Waals surface area contributed by atoms with Crippen LogP contribution >= 0.6 is 0 Å². The van der Waals surface area contributed by atoms with Gasteiger partial charge in [-0.05, 0) is 138 Å². The SMILES string of the molecule is C/C=C(\CCC1=CN(c2ccc3c(c2)C(c2ccccc2)(c2ccccc2)c2ccccc2-3)C2=CC=CCC12)c1cccc(C)c1.Cc1ccc(-c2ccccc2)c(-c2ccccc2)c1.Cc1ccccc1. The highest BCUT2D eigenvalue weighted by Crippen LogP contribution is 2.57. The maximum Gasteiger partial charge on any atom is 0.0714 e. The Morgan fingerprint density at radius 2 is 1.06 bits per heavy atom. The van der Waals surface area contributed by atoms with Gasteiger partial charge in [0.05, 0.1) is 5.41 Å². The predicted molar refractivity (Wildman–Crippen MR) is 307 cm³/mol. The van der Waals surface area contributed by atoms with E-state index in [0.717, 1.165) is 19.3 Å². The van der Waals surface area contributed by atoms with Crippen molar-refractivity contribution in [3.05, 3.63) is 323 Å². The molecule has 0 N–H and O–H groups in total. The zero-order chi connectivity index (χ0) is 49.3. The van der Waals surface area contributed by atoms with Gasteiger partial charge in [-0.25, -0.2) is 0 Å². The number of aryl methyl sites for hydroxylation is 3. The van der Waals surface area contributed by atoms with Crippen LogP contribution in [0.25, 0.3) is 39.0 Å². The highest BCUT2D eigenvalue weighted by atomic mass is 15.2. The molecule has 1 atom stereocenters. The number of rotatable bonds is 9. The largest absolute Gasteiger partial charge is 0.320 e. The molecule has 9 aromatic carbocycles. The van der Waals surface area contributed by atoms with Gasteiger partial charge in [0.15, 0.2) is 0 Å². The molecule has 2 aliphatic carbocycles. The molecule has 0 saturated heterocycles. The van der Waals surface area contributed by atoms with E-state index >= 15 is 0 Å². The van der Waals surface area contributed by atoms with Gasteiger partial charge in [-0.2, -0.15) is 0 Å². The lowest BCUT2D eigenvalue weighted by molar-refractivity contribution is 0.699. The lowest BCUT2D eigenvalue weighted by Gasteiger charge is -2.34. The fraction of sp³-hybridized carbons (Fsp3) is 0.127. The Morgan fingerprint density at radius 3 is 1.68 bits per heavy atom. The van der Waals surface area contributed by atoms with Gasteiger partial charge < -0.3 is 4.90 Å². The van der Waals surface area contributed by atoms with Gasteiger partial charge in [-0.3, -0.25) is 0 Å². The van der Waals surface area contributed by atoms with Gasteiger partial charge in [0.1, 0.15) is 0 Å². The summed E-state index contributed by atoms with van der Waals surface area (Å²) >= 11 is 0. The van der Waals surface area contributed by atoms with E-state index in [2.05, 4.69) is 281 Å². The van der Waals surface area contributed by atoms with E-state index in [1.165, 1.54) is 100 Å². The normalized spacial score (nSPS) is 14.9. The molecule has 1 heterocycles. The summed E-state index contributed by atoms with van der Waals surface area (Å²) in [7, 11) is 0. The minimum atomic E-state index is -0.397. The van der Waals surface area contributed by atoms with Crippen molar-refractivity contribution in [2.24, 2.45) is 5.92 Å². The summed E-state index contributed by atoms with van der Waals surface area (Å²) in [5, 5.41) is 0. The Balaban J connectivity index is 0.000000187. The minimum absolute atomic E-state index is 0.397. The fourth-order valence-electron chi connectivity index (χ4n) is 11.1. The average Bonchev–Trinajstić information content (AvgIpc) is 3.96. The van der Waals surface area contributed by atoms with Crippen molar-refractivity contribution >= 4 is 11.3 Å². The molecule has 0 fully saturated rings. The lowest BCUT2D eigenvalue weighted by Crippen LogP contribution is -2.28. The smallest absolute Gasteiger partial charge is 0.0714 e. The number of allylic oxidation sites excluding steroid dienone is 6. The third-order valence-electron chi connectivity index (χ3n) is 14.6. The summed E-state index contributed by atoms with van der Waals surface area (Å²) in [4.78, 5) is 2.48. The molecule has 0 saturated carbocycles. The van der Waals surface area contributed by atoms with Gasteiger partial charge in [-0.15, -0.1) is 0 Å². The van der Waals surface area contributed by atoms with Crippen molar-refractivity contribution in [1.82, 2.24) is 0 Å². The van der Waals surface area contributed by atoms with Gasteiger partial charge in [0.25, 0.3) is 0 Å². The zero-order valence-corrected chi connectivity index (χ0v) is 42.0. The van der Waals surface area contributed by atoms with E-state index in [4.69, 9.17) is 0 Å². The van der Waals surface area contributed by atoms with Gasteiger partial charge in [-0.1, -0.05) is 259 Å². The maximum atomic E-state index is 2.48. The molecule has 3 aliphatic rings. The molecule has 1 aliphatic heterocycles. The van der Waals surface area contributed by atoms with Crippen LogP contribution < -0.4 is 4.90 Å². The molecule has 1 nitrogen and oxygen atoms in total. The zero-order valence-electron chi connectivity index (χ0n) is 42.0. The second kappa shape index (κ2) is 21.8. The summed E-state index contributed by atoms with van der Waals surface area (Å²) in [5.74, 6) is 0.416. The highest BCUT2D eigenvalue weighted by molar-refractivity contribution is 5.88. The van der Waals surface area contributed by atoms with Gasteiger partial charge >= 0.3 is 0 Å². The average molecular weight is 930 g/mol. The van der Waals surface area contributed by atoms with Crippen LogP contribution in [-0.4, -0.2) is 0 Å². The van der Waals surface area contributed by atoms with Crippen molar-refractivity contribution in [3.8, 4) is 33.4 Å². The van der Waals surface area contributed by atoms with E-state index in [-0.39, 0.29) is 0 Å². The molecule has 352 valence electrons. The standard InChI is InChI=1S/C45H39N.C19H16.C7H8/c1-3-33(34-16-14-15-32(2)29-34)25-26-35-31-46(44-24-13-11-21-39(35)44)38-27-28-41-40-22-10-12-23-42(40)45(43(41)30-38,36-17-6-4-7-18-36)37-19-8-5-9-20-37;1-15-12-13-18(16-8-4-2-5-9-16)19(14-15)17-10-6-3-7-11-17;1-7-5-3-2-4-6-7/h3-20,22-24,27-31,39H,21,25-26H2,1-2H3;2-14H,1H3;2-6H,1H3/b33-3+;;. The summed E-state index contributed by atoms with van der Waals surface area (Å²) in [5.41, 5.74) is 23.5. The van der Waals surface area contributed by atoms with Crippen molar-refractivity contribution < 1.29 is 0 Å². The molecular weight excluding hydrogens is 867 g/mol. The number of hydrogen-bond donors (Lipinski definition) is 0. The Kier molecular flexibility index (Phi) is 14.4. The first-order valence-corrected chi connectivity index (χ1v) is 25.6. The molecule has 0 bridgehead atoms. The number of fused-ring (bicyclic) bond motifs is 4. The van der Waals surface area contributed by atoms with Crippen LogP contribution in [-0.2, 0) is 5.41 Å². The lowest BCUT2D eigenvalue weighted by atomic mass is 9.67. The number of hydrogen-bond acceptors (Lipinski definition) is 1. The quantitative estimate of drug-likeness (QED) is 0.139. The Labute approximate surface area is 428 Å². The Hall–Kier alpha value is -8.26. The Bertz CT molecular complexity index is 3360. The van der Waals surface area contributed by atoms with E-state index < -0.39 is 5.41 Å². The van der Waals surface area contributed by atoms with Crippen LogP contribution in [0.5, 0.6) is 0 Å². The van der Waals surface area contributed by atoms with Crippen molar-refractivity contribution in [1.29, 1.82) is 0 Å². The van der Waals surface area contributed by atoms with Crippen LogP contribution in [0.4, 0.5) is 5.69 Å². The molecule has 1 unspecified atom stereocenters. The summed E-state index contributed by atoms with van der Waals surface area (Å²) in [6.07, 6.45) is 14.8. The first-order valence-electron chi connectivity index (χ1n) is 25.6.